The van der Waals surface area contributed by atoms with Crippen molar-refractivity contribution in [1.82, 2.24) is 19.0 Å². The molecule has 0 spiro atoms. The standard InChI is InChI=1S/C22H32Cl2N4O5S/c1-22(2,3)33-21(30)25(4)19-14-27(13-16(19)15-6-7-17(23)18(24)12-15)20(29)26-8-10-28(11-9-26)34(5,31)32/h6-7,12,16,19H,8-11,13-14H2,1-5H3. The highest BCUT2D eigenvalue weighted by atomic mass is 35.5. The molecule has 0 bridgehead atoms. The average molecular weight is 535 g/mol. The van der Waals surface area contributed by atoms with Crippen LogP contribution in [0.4, 0.5) is 9.59 Å². The number of benzene rings is 1. The Balaban J connectivity index is 1.80. The molecule has 0 aromatic heterocycles. The first-order valence-electron chi connectivity index (χ1n) is 11.1. The van der Waals surface area contributed by atoms with Crippen LogP contribution in [0.1, 0.15) is 32.3 Å². The number of ether oxygens (including phenoxy) is 1. The molecule has 2 atom stereocenters. The van der Waals surface area contributed by atoms with Gasteiger partial charge in [0, 0.05) is 52.2 Å². The molecule has 2 aliphatic heterocycles. The second-order valence-corrected chi connectivity index (χ2v) is 12.6. The van der Waals surface area contributed by atoms with Gasteiger partial charge in [-0.3, -0.25) is 0 Å². The number of rotatable bonds is 3. The van der Waals surface area contributed by atoms with Crippen LogP contribution >= 0.6 is 23.2 Å². The Labute approximate surface area is 211 Å². The Morgan fingerprint density at radius 3 is 2.18 bits per heavy atom. The number of piperazine rings is 1. The fourth-order valence-corrected chi connectivity index (χ4v) is 5.42. The van der Waals surface area contributed by atoms with Gasteiger partial charge in [0.05, 0.1) is 22.3 Å². The topological polar surface area (TPSA) is 90.5 Å². The van der Waals surface area contributed by atoms with Gasteiger partial charge in [-0.25, -0.2) is 18.0 Å². The molecule has 1 aromatic carbocycles. The molecule has 34 heavy (non-hydrogen) atoms. The van der Waals surface area contributed by atoms with E-state index in [-0.39, 0.29) is 31.1 Å². The van der Waals surface area contributed by atoms with Crippen LogP contribution in [-0.4, -0.2) is 104 Å². The number of likely N-dealkylation sites (N-methyl/N-ethyl adjacent to an activating group) is 1. The summed E-state index contributed by atoms with van der Waals surface area (Å²) in [4.78, 5) is 31.1. The van der Waals surface area contributed by atoms with Gasteiger partial charge in [0.15, 0.2) is 0 Å². The fourth-order valence-electron chi connectivity index (χ4n) is 4.29. The Bertz CT molecular complexity index is 1040. The smallest absolute Gasteiger partial charge is 0.410 e. The third kappa shape index (κ3) is 6.27. The molecule has 0 N–H and O–H groups in total. The van der Waals surface area contributed by atoms with Crippen LogP contribution in [0.25, 0.3) is 0 Å². The lowest BCUT2D eigenvalue weighted by atomic mass is 9.93. The summed E-state index contributed by atoms with van der Waals surface area (Å²) in [5.41, 5.74) is 0.213. The molecule has 0 radical (unpaired) electrons. The molecule has 0 saturated carbocycles. The maximum Gasteiger partial charge on any atom is 0.410 e. The lowest BCUT2D eigenvalue weighted by Crippen LogP contribution is -2.53. The number of amides is 3. The third-order valence-electron chi connectivity index (χ3n) is 6.09. The number of hydrogen-bond donors (Lipinski definition) is 0. The van der Waals surface area contributed by atoms with Crippen molar-refractivity contribution in [3.8, 4) is 0 Å². The van der Waals surface area contributed by atoms with Gasteiger partial charge in [0.1, 0.15) is 5.60 Å². The highest BCUT2D eigenvalue weighted by Gasteiger charge is 2.42. The molecule has 3 rings (SSSR count). The van der Waals surface area contributed by atoms with E-state index < -0.39 is 21.7 Å². The van der Waals surface area contributed by atoms with Gasteiger partial charge in [0.25, 0.3) is 0 Å². The number of carbonyl (C=O) groups is 2. The van der Waals surface area contributed by atoms with E-state index in [2.05, 4.69) is 0 Å². The lowest BCUT2D eigenvalue weighted by Gasteiger charge is -2.35. The highest BCUT2D eigenvalue weighted by Crippen LogP contribution is 2.35. The van der Waals surface area contributed by atoms with E-state index in [0.29, 0.717) is 36.2 Å². The van der Waals surface area contributed by atoms with Crippen molar-refractivity contribution in [1.29, 1.82) is 0 Å². The van der Waals surface area contributed by atoms with Gasteiger partial charge in [-0.2, -0.15) is 4.31 Å². The van der Waals surface area contributed by atoms with Crippen LogP contribution in [0.2, 0.25) is 10.0 Å². The number of sulfonamides is 1. The number of likely N-dealkylation sites (tertiary alicyclic amines) is 1. The van der Waals surface area contributed by atoms with Crippen molar-refractivity contribution in [3.63, 3.8) is 0 Å². The predicted octanol–water partition coefficient (Wildman–Crippen LogP) is 3.33. The first kappa shape index (κ1) is 26.8. The Kier molecular flexibility index (Phi) is 7.96. The number of urea groups is 1. The Morgan fingerprint density at radius 2 is 1.65 bits per heavy atom. The molecule has 3 amide bonds. The number of halogens is 2. The monoisotopic (exact) mass is 534 g/mol. The second kappa shape index (κ2) is 10.1. The second-order valence-electron chi connectivity index (χ2n) is 9.78. The van der Waals surface area contributed by atoms with E-state index in [1.807, 2.05) is 6.07 Å². The van der Waals surface area contributed by atoms with E-state index in [9.17, 15) is 18.0 Å². The summed E-state index contributed by atoms with van der Waals surface area (Å²) in [5, 5.41) is 0.830. The molecule has 2 unspecified atom stereocenters. The highest BCUT2D eigenvalue weighted by molar-refractivity contribution is 7.88. The maximum absolute atomic E-state index is 13.3. The van der Waals surface area contributed by atoms with Crippen molar-refractivity contribution >= 4 is 45.3 Å². The number of nitrogens with zero attached hydrogens (tertiary/aromatic N) is 4. The molecule has 1 aromatic rings. The summed E-state index contributed by atoms with van der Waals surface area (Å²) in [6.07, 6.45) is 0.697. The largest absolute Gasteiger partial charge is 0.444 e. The summed E-state index contributed by atoms with van der Waals surface area (Å²) in [5.74, 6) is -0.200. The van der Waals surface area contributed by atoms with Crippen LogP contribution in [-0.2, 0) is 14.8 Å². The van der Waals surface area contributed by atoms with E-state index in [1.165, 1.54) is 15.5 Å². The van der Waals surface area contributed by atoms with Gasteiger partial charge < -0.3 is 19.4 Å². The van der Waals surface area contributed by atoms with E-state index in [0.717, 1.165) is 5.56 Å². The predicted molar refractivity (Wildman–Crippen MR) is 132 cm³/mol. The minimum absolute atomic E-state index is 0.182. The molecular weight excluding hydrogens is 503 g/mol. The first-order valence-corrected chi connectivity index (χ1v) is 13.7. The van der Waals surface area contributed by atoms with Gasteiger partial charge in [0.2, 0.25) is 10.0 Å². The van der Waals surface area contributed by atoms with E-state index in [1.54, 1.807) is 49.8 Å². The normalized spacial score (nSPS) is 22.1. The van der Waals surface area contributed by atoms with Crippen LogP contribution < -0.4 is 0 Å². The van der Waals surface area contributed by atoms with Crippen molar-refractivity contribution in [2.75, 3.05) is 52.6 Å². The summed E-state index contributed by atoms with van der Waals surface area (Å²) < 4.78 is 30.5. The summed E-state index contributed by atoms with van der Waals surface area (Å²) in [7, 11) is -1.62. The van der Waals surface area contributed by atoms with Crippen LogP contribution in [0.15, 0.2) is 18.2 Å². The molecule has 12 heteroatoms. The first-order chi connectivity index (χ1) is 15.7. The molecule has 2 fully saturated rings. The third-order valence-corrected chi connectivity index (χ3v) is 8.13. The van der Waals surface area contributed by atoms with Gasteiger partial charge in [-0.05, 0) is 38.5 Å². The van der Waals surface area contributed by atoms with Gasteiger partial charge in [-0.1, -0.05) is 29.3 Å². The Morgan fingerprint density at radius 1 is 1.03 bits per heavy atom. The van der Waals surface area contributed by atoms with Crippen molar-refractivity contribution in [2.24, 2.45) is 0 Å². The molecule has 190 valence electrons. The zero-order chi connectivity index (χ0) is 25.4. The van der Waals surface area contributed by atoms with Gasteiger partial charge >= 0.3 is 12.1 Å². The maximum atomic E-state index is 13.3. The molecule has 0 aliphatic carbocycles. The summed E-state index contributed by atoms with van der Waals surface area (Å²) in [6, 6.07) is 4.81. The zero-order valence-corrected chi connectivity index (χ0v) is 22.5. The van der Waals surface area contributed by atoms with Crippen LogP contribution in [0, 0.1) is 0 Å². The SMILES string of the molecule is CN(C(=O)OC(C)(C)C)C1CN(C(=O)N2CCN(S(C)(=O)=O)CC2)CC1c1ccc(Cl)c(Cl)c1. The molecule has 2 aliphatic rings. The van der Waals surface area contributed by atoms with Crippen LogP contribution in [0.5, 0.6) is 0 Å². The van der Waals surface area contributed by atoms with E-state index >= 15 is 0 Å². The lowest BCUT2D eigenvalue weighted by molar-refractivity contribution is 0.0217. The minimum atomic E-state index is -3.29. The van der Waals surface area contributed by atoms with E-state index in [4.69, 9.17) is 27.9 Å². The van der Waals surface area contributed by atoms with Crippen molar-refractivity contribution < 1.29 is 22.7 Å². The number of hydrogen-bond acceptors (Lipinski definition) is 5. The summed E-state index contributed by atoms with van der Waals surface area (Å²) >= 11 is 12.4. The quantitative estimate of drug-likeness (QED) is 0.593. The van der Waals surface area contributed by atoms with Crippen molar-refractivity contribution in [2.45, 2.75) is 38.3 Å². The van der Waals surface area contributed by atoms with Crippen molar-refractivity contribution in [3.05, 3.63) is 33.8 Å². The Hall–Kier alpha value is -1.75. The number of carbonyl (C=O) groups excluding carboxylic acids is 2. The zero-order valence-electron chi connectivity index (χ0n) is 20.1. The molecule has 2 heterocycles. The van der Waals surface area contributed by atoms with Gasteiger partial charge in [-0.15, -0.1) is 0 Å². The minimum Gasteiger partial charge on any atom is -0.444 e. The van der Waals surface area contributed by atoms with Crippen LogP contribution in [0.3, 0.4) is 0 Å². The fraction of sp³-hybridized carbons (Fsp3) is 0.636. The summed E-state index contributed by atoms with van der Waals surface area (Å²) in [6.45, 7) is 7.23. The molecular formula is C22H32Cl2N4O5S. The average Bonchev–Trinajstić information content (AvgIpc) is 3.18. The molecule has 2 saturated heterocycles. The molecule has 9 nitrogen and oxygen atoms in total.